The van der Waals surface area contributed by atoms with Gasteiger partial charge < -0.3 is 15.0 Å². The summed E-state index contributed by atoms with van der Waals surface area (Å²) < 4.78 is 4.88. The van der Waals surface area contributed by atoms with Crippen molar-refractivity contribution in [3.8, 4) is 0 Å². The molecule has 0 spiro atoms. The van der Waals surface area contributed by atoms with E-state index in [2.05, 4.69) is 5.32 Å². The van der Waals surface area contributed by atoms with Crippen molar-refractivity contribution in [3.05, 3.63) is 71.8 Å². The van der Waals surface area contributed by atoms with Gasteiger partial charge in [-0.3, -0.25) is 9.59 Å². The van der Waals surface area contributed by atoms with Crippen LogP contribution in [0.4, 0.5) is 5.69 Å². The molecule has 1 N–H and O–H groups in total. The fraction of sp³-hybridized carbons (Fsp3) is 0.370. The van der Waals surface area contributed by atoms with Crippen molar-refractivity contribution < 1.29 is 19.1 Å². The summed E-state index contributed by atoms with van der Waals surface area (Å²) in [7, 11) is 0. The highest BCUT2D eigenvalue weighted by atomic mass is 16.5. The van der Waals surface area contributed by atoms with Crippen molar-refractivity contribution in [2.24, 2.45) is 5.92 Å². The van der Waals surface area contributed by atoms with Crippen LogP contribution in [0.1, 0.15) is 54.9 Å². The maximum atomic E-state index is 13.4. The van der Waals surface area contributed by atoms with Crippen molar-refractivity contribution >= 4 is 29.5 Å². The highest BCUT2D eigenvalue weighted by Gasteiger charge is 2.47. The van der Waals surface area contributed by atoms with Crippen molar-refractivity contribution in [1.82, 2.24) is 4.90 Å². The van der Waals surface area contributed by atoms with Gasteiger partial charge >= 0.3 is 5.97 Å². The van der Waals surface area contributed by atoms with Crippen LogP contribution in [-0.2, 0) is 14.3 Å². The van der Waals surface area contributed by atoms with Crippen LogP contribution < -0.4 is 5.32 Å². The molecule has 1 heterocycles. The quantitative estimate of drug-likeness (QED) is 0.517. The third kappa shape index (κ3) is 5.33. The van der Waals surface area contributed by atoms with Gasteiger partial charge in [0.1, 0.15) is 6.04 Å². The molecular weight excluding hydrogens is 416 g/mol. The van der Waals surface area contributed by atoms with Crippen LogP contribution in [0, 0.1) is 5.92 Å². The number of ether oxygens (including phenoxy) is 1. The number of carbonyl (C=O) groups is 3. The second-order valence-electron chi connectivity index (χ2n) is 8.64. The van der Waals surface area contributed by atoms with Crippen molar-refractivity contribution in [2.45, 2.75) is 51.1 Å². The SMILES string of the molecule is CCOC(=O)/C=C/c1ccc(NC(=O)C2CC3CCCCC3N2C(=O)c2ccccc2)cc1. The Kier molecular flexibility index (Phi) is 7.23. The van der Waals surface area contributed by atoms with Gasteiger partial charge in [-0.25, -0.2) is 4.79 Å². The summed E-state index contributed by atoms with van der Waals surface area (Å²) in [6.07, 6.45) is 8.02. The molecule has 0 bridgehead atoms. The molecule has 1 aliphatic heterocycles. The average Bonchev–Trinajstić information content (AvgIpc) is 3.24. The predicted octanol–water partition coefficient (Wildman–Crippen LogP) is 4.67. The Morgan fingerprint density at radius 2 is 1.76 bits per heavy atom. The molecule has 3 unspecified atom stereocenters. The van der Waals surface area contributed by atoms with Gasteiger partial charge in [-0.1, -0.05) is 43.2 Å². The maximum absolute atomic E-state index is 13.4. The molecule has 0 aromatic heterocycles. The van der Waals surface area contributed by atoms with Gasteiger partial charge in [0.05, 0.1) is 6.61 Å². The van der Waals surface area contributed by atoms with E-state index in [9.17, 15) is 14.4 Å². The predicted molar refractivity (Wildman–Crippen MR) is 128 cm³/mol. The summed E-state index contributed by atoms with van der Waals surface area (Å²) in [6, 6.07) is 16.1. The smallest absolute Gasteiger partial charge is 0.330 e. The van der Waals surface area contributed by atoms with E-state index in [1.54, 1.807) is 25.1 Å². The number of nitrogens with one attached hydrogen (secondary N) is 1. The molecule has 4 rings (SSSR count). The minimum absolute atomic E-state index is 0.0652. The molecule has 2 fully saturated rings. The van der Waals surface area contributed by atoms with Gasteiger partial charge in [0, 0.05) is 23.4 Å². The van der Waals surface area contributed by atoms with Crippen molar-refractivity contribution in [3.63, 3.8) is 0 Å². The largest absolute Gasteiger partial charge is 0.463 e. The van der Waals surface area contributed by atoms with E-state index >= 15 is 0 Å². The van der Waals surface area contributed by atoms with Crippen LogP contribution in [0.2, 0.25) is 0 Å². The number of amides is 2. The molecule has 1 aliphatic carbocycles. The summed E-state index contributed by atoms with van der Waals surface area (Å²) in [5, 5.41) is 2.99. The first-order valence-electron chi connectivity index (χ1n) is 11.7. The Balaban J connectivity index is 1.47. The van der Waals surface area contributed by atoms with Gasteiger partial charge in [0.2, 0.25) is 5.91 Å². The molecule has 2 aliphatic rings. The molecule has 3 atom stereocenters. The van der Waals surface area contributed by atoms with Crippen LogP contribution in [0.15, 0.2) is 60.7 Å². The Labute approximate surface area is 194 Å². The highest BCUT2D eigenvalue weighted by molar-refractivity contribution is 6.02. The van der Waals surface area contributed by atoms with Crippen LogP contribution in [0.25, 0.3) is 6.08 Å². The van der Waals surface area contributed by atoms with Crippen LogP contribution in [0.3, 0.4) is 0 Å². The Morgan fingerprint density at radius 1 is 1.03 bits per heavy atom. The molecule has 2 amide bonds. The van der Waals surface area contributed by atoms with E-state index in [-0.39, 0.29) is 23.8 Å². The average molecular weight is 447 g/mol. The summed E-state index contributed by atoms with van der Waals surface area (Å²) in [4.78, 5) is 40.0. The first kappa shape index (κ1) is 22.8. The van der Waals surface area contributed by atoms with Crippen molar-refractivity contribution in [1.29, 1.82) is 0 Å². The summed E-state index contributed by atoms with van der Waals surface area (Å²) in [6.45, 7) is 2.10. The van der Waals surface area contributed by atoms with E-state index in [4.69, 9.17) is 4.74 Å². The second-order valence-corrected chi connectivity index (χ2v) is 8.64. The normalized spacial score (nSPS) is 22.1. The molecule has 1 saturated heterocycles. The number of hydrogen-bond donors (Lipinski definition) is 1. The van der Waals surface area contributed by atoms with Gasteiger partial charge in [-0.15, -0.1) is 0 Å². The van der Waals surface area contributed by atoms with E-state index in [1.807, 2.05) is 47.4 Å². The number of benzene rings is 2. The first-order chi connectivity index (χ1) is 16.1. The third-order valence-electron chi connectivity index (χ3n) is 6.52. The number of hydrogen-bond acceptors (Lipinski definition) is 4. The first-order valence-corrected chi connectivity index (χ1v) is 11.7. The molecule has 33 heavy (non-hydrogen) atoms. The fourth-order valence-electron chi connectivity index (χ4n) is 4.97. The van der Waals surface area contributed by atoms with Crippen LogP contribution in [-0.4, -0.2) is 41.4 Å². The van der Waals surface area contributed by atoms with Gasteiger partial charge in [-0.2, -0.15) is 0 Å². The molecule has 2 aromatic rings. The van der Waals surface area contributed by atoms with E-state index in [1.165, 1.54) is 6.08 Å². The minimum atomic E-state index is -0.478. The van der Waals surface area contributed by atoms with E-state index in [0.29, 0.717) is 30.2 Å². The van der Waals surface area contributed by atoms with E-state index in [0.717, 1.165) is 31.2 Å². The molecule has 0 radical (unpaired) electrons. The number of esters is 1. The number of nitrogens with zero attached hydrogens (tertiary/aromatic N) is 1. The molecule has 172 valence electrons. The fourth-order valence-corrected chi connectivity index (χ4v) is 4.97. The molecule has 6 nitrogen and oxygen atoms in total. The van der Waals surface area contributed by atoms with Crippen molar-refractivity contribution in [2.75, 3.05) is 11.9 Å². The molecular formula is C27H30N2O4. The Hall–Kier alpha value is -3.41. The number of likely N-dealkylation sites (tertiary alicyclic amines) is 1. The molecule has 2 aromatic carbocycles. The maximum Gasteiger partial charge on any atom is 0.330 e. The summed E-state index contributed by atoms with van der Waals surface area (Å²) in [5.41, 5.74) is 2.11. The lowest BCUT2D eigenvalue weighted by atomic mass is 9.84. The third-order valence-corrected chi connectivity index (χ3v) is 6.52. The number of anilines is 1. The van der Waals surface area contributed by atoms with Crippen LogP contribution in [0.5, 0.6) is 0 Å². The standard InChI is InChI=1S/C27H30N2O4/c1-2-33-25(30)17-14-19-12-15-22(16-13-19)28-26(31)24-18-21-10-6-7-11-23(21)29(24)27(32)20-8-4-3-5-9-20/h3-5,8-9,12-17,21,23-24H,2,6-7,10-11,18H2,1H3,(H,28,31)/b17-14+. The minimum Gasteiger partial charge on any atom is -0.463 e. The Morgan fingerprint density at radius 3 is 2.48 bits per heavy atom. The van der Waals surface area contributed by atoms with E-state index < -0.39 is 6.04 Å². The number of carbonyl (C=O) groups excluding carboxylic acids is 3. The summed E-state index contributed by atoms with van der Waals surface area (Å²) >= 11 is 0. The monoisotopic (exact) mass is 446 g/mol. The second kappa shape index (κ2) is 10.5. The summed E-state index contributed by atoms with van der Waals surface area (Å²) in [5.74, 6) is -0.230. The van der Waals surface area contributed by atoms with Gasteiger partial charge in [0.15, 0.2) is 0 Å². The zero-order valence-corrected chi connectivity index (χ0v) is 18.9. The lowest BCUT2D eigenvalue weighted by molar-refractivity contribution is -0.137. The van der Waals surface area contributed by atoms with Gasteiger partial charge in [0.25, 0.3) is 5.91 Å². The molecule has 6 heteroatoms. The zero-order valence-electron chi connectivity index (χ0n) is 18.9. The Bertz CT molecular complexity index is 1020. The van der Waals surface area contributed by atoms with Gasteiger partial charge in [-0.05, 0) is 68.0 Å². The number of fused-ring (bicyclic) bond motifs is 1. The molecule has 1 saturated carbocycles. The highest BCUT2D eigenvalue weighted by Crippen LogP contribution is 2.40. The lowest BCUT2D eigenvalue weighted by Gasteiger charge is -2.33. The lowest BCUT2D eigenvalue weighted by Crippen LogP contribution is -2.47. The number of rotatable bonds is 6. The topological polar surface area (TPSA) is 75.7 Å². The van der Waals surface area contributed by atoms with Crippen LogP contribution >= 0.6 is 0 Å². The zero-order chi connectivity index (χ0) is 23.2.